The molecule has 1 heterocycles. The average molecular weight is 162 g/mol. The third-order valence-corrected chi connectivity index (χ3v) is 4.31. The number of hydrogen-bond acceptors (Lipinski definition) is 3. The van der Waals surface area contributed by atoms with Gasteiger partial charge in [-0.2, -0.15) is 0 Å². The highest BCUT2D eigenvalue weighted by Gasteiger charge is 2.26. The molecular weight excluding hydrogens is 152 g/mol. The third-order valence-electron chi connectivity index (χ3n) is 1.28. The van der Waals surface area contributed by atoms with E-state index >= 15 is 0 Å². The third kappa shape index (κ3) is 1.90. The molecule has 0 N–H and O–H groups in total. The van der Waals surface area contributed by atoms with Crippen molar-refractivity contribution in [3.63, 3.8) is 0 Å². The predicted molar refractivity (Wildman–Crippen MR) is 44.0 cm³/mol. The van der Waals surface area contributed by atoms with Crippen LogP contribution in [0.2, 0.25) is 0 Å². The standard InChI is InChI=1S/C6H10OS2/c1-6(5-7)8-3-2-4-9-6/h5H,2-4H2,1H3. The van der Waals surface area contributed by atoms with E-state index in [4.69, 9.17) is 0 Å². The van der Waals surface area contributed by atoms with Gasteiger partial charge in [0.2, 0.25) is 0 Å². The normalized spacial score (nSPS) is 25.4. The van der Waals surface area contributed by atoms with Gasteiger partial charge in [0, 0.05) is 0 Å². The van der Waals surface area contributed by atoms with Gasteiger partial charge in [-0.1, -0.05) is 0 Å². The molecule has 1 fully saturated rings. The molecule has 1 aliphatic rings. The van der Waals surface area contributed by atoms with E-state index in [-0.39, 0.29) is 4.08 Å². The molecule has 0 aliphatic carbocycles. The fourth-order valence-corrected chi connectivity index (χ4v) is 3.26. The minimum absolute atomic E-state index is 0.127. The summed E-state index contributed by atoms with van der Waals surface area (Å²) in [4.78, 5) is 10.4. The largest absolute Gasteiger partial charge is 0.301 e. The Morgan fingerprint density at radius 1 is 1.44 bits per heavy atom. The van der Waals surface area contributed by atoms with Gasteiger partial charge in [-0.05, 0) is 24.9 Å². The Hall–Kier alpha value is 0.370. The van der Waals surface area contributed by atoms with Gasteiger partial charge in [0.15, 0.2) is 0 Å². The maximum absolute atomic E-state index is 10.4. The van der Waals surface area contributed by atoms with Crippen molar-refractivity contribution < 1.29 is 4.79 Å². The molecule has 0 amide bonds. The van der Waals surface area contributed by atoms with Crippen LogP contribution in [0.25, 0.3) is 0 Å². The van der Waals surface area contributed by atoms with Crippen molar-refractivity contribution in [3.05, 3.63) is 0 Å². The smallest absolute Gasteiger partial charge is 0.145 e. The SMILES string of the molecule is CC1(C=O)SCCCS1. The van der Waals surface area contributed by atoms with Gasteiger partial charge >= 0.3 is 0 Å². The second-order valence-electron chi connectivity index (χ2n) is 2.18. The number of carbonyl (C=O) groups is 1. The molecule has 0 spiro atoms. The van der Waals surface area contributed by atoms with Gasteiger partial charge in [0.05, 0.1) is 0 Å². The number of hydrogen-bond donors (Lipinski definition) is 0. The van der Waals surface area contributed by atoms with Crippen molar-refractivity contribution in [3.8, 4) is 0 Å². The lowest BCUT2D eigenvalue weighted by Gasteiger charge is -2.25. The molecule has 52 valence electrons. The van der Waals surface area contributed by atoms with Crippen molar-refractivity contribution in [1.29, 1.82) is 0 Å². The van der Waals surface area contributed by atoms with Crippen LogP contribution in [-0.2, 0) is 4.79 Å². The second kappa shape index (κ2) is 2.97. The van der Waals surface area contributed by atoms with Crippen molar-refractivity contribution in [1.82, 2.24) is 0 Å². The highest BCUT2D eigenvalue weighted by molar-refractivity contribution is 8.19. The Kier molecular flexibility index (Phi) is 2.47. The molecule has 0 radical (unpaired) electrons. The van der Waals surface area contributed by atoms with E-state index in [0.717, 1.165) is 17.8 Å². The van der Waals surface area contributed by atoms with Crippen LogP contribution in [-0.4, -0.2) is 21.9 Å². The maximum atomic E-state index is 10.4. The second-order valence-corrected chi connectivity index (χ2v) is 5.53. The van der Waals surface area contributed by atoms with Crippen molar-refractivity contribution in [2.24, 2.45) is 0 Å². The van der Waals surface area contributed by atoms with Crippen LogP contribution >= 0.6 is 23.5 Å². The zero-order valence-corrected chi connectivity index (χ0v) is 7.06. The molecule has 0 atom stereocenters. The zero-order valence-electron chi connectivity index (χ0n) is 5.42. The number of rotatable bonds is 1. The van der Waals surface area contributed by atoms with Crippen LogP contribution in [0.15, 0.2) is 0 Å². The van der Waals surface area contributed by atoms with E-state index in [2.05, 4.69) is 0 Å². The lowest BCUT2D eigenvalue weighted by Crippen LogP contribution is -2.21. The summed E-state index contributed by atoms with van der Waals surface area (Å²) in [5, 5.41) is 0. The molecule has 0 aromatic rings. The molecule has 0 aromatic carbocycles. The van der Waals surface area contributed by atoms with E-state index in [1.807, 2.05) is 6.92 Å². The van der Waals surface area contributed by atoms with Crippen LogP contribution in [0.3, 0.4) is 0 Å². The summed E-state index contributed by atoms with van der Waals surface area (Å²) >= 11 is 3.52. The summed E-state index contributed by atoms with van der Waals surface area (Å²) in [6.07, 6.45) is 2.31. The topological polar surface area (TPSA) is 17.1 Å². The van der Waals surface area contributed by atoms with Crippen molar-refractivity contribution in [2.75, 3.05) is 11.5 Å². The Morgan fingerprint density at radius 2 is 2.00 bits per heavy atom. The summed E-state index contributed by atoms with van der Waals surface area (Å²) < 4.78 is -0.127. The molecule has 1 nitrogen and oxygen atoms in total. The summed E-state index contributed by atoms with van der Waals surface area (Å²) in [5.41, 5.74) is 0. The first-order valence-corrected chi connectivity index (χ1v) is 4.98. The fraction of sp³-hybridized carbons (Fsp3) is 0.833. The predicted octanol–water partition coefficient (Wildman–Crippen LogP) is 1.77. The van der Waals surface area contributed by atoms with Crippen LogP contribution < -0.4 is 0 Å². The van der Waals surface area contributed by atoms with Gasteiger partial charge in [-0.15, -0.1) is 23.5 Å². The van der Waals surface area contributed by atoms with Crippen LogP contribution in [0.4, 0.5) is 0 Å². The van der Waals surface area contributed by atoms with Crippen LogP contribution in [0, 0.1) is 0 Å². The molecule has 1 rings (SSSR count). The van der Waals surface area contributed by atoms with Crippen LogP contribution in [0.5, 0.6) is 0 Å². The summed E-state index contributed by atoms with van der Waals surface area (Å²) in [6.45, 7) is 1.99. The quantitative estimate of drug-likeness (QED) is 0.547. The van der Waals surface area contributed by atoms with E-state index in [0.29, 0.717) is 0 Å². The molecular formula is C6H10OS2. The molecule has 0 bridgehead atoms. The molecule has 1 saturated heterocycles. The molecule has 3 heteroatoms. The van der Waals surface area contributed by atoms with Gasteiger partial charge in [-0.25, -0.2) is 0 Å². The first-order chi connectivity index (χ1) is 4.27. The van der Waals surface area contributed by atoms with Crippen molar-refractivity contribution in [2.45, 2.75) is 17.4 Å². The average Bonchev–Trinajstić information content (AvgIpc) is 1.90. The van der Waals surface area contributed by atoms with E-state index in [9.17, 15) is 4.79 Å². The lowest BCUT2D eigenvalue weighted by molar-refractivity contribution is -0.107. The Labute approximate surface area is 64.0 Å². The van der Waals surface area contributed by atoms with Gasteiger partial charge in [0.1, 0.15) is 10.4 Å². The molecule has 1 aliphatic heterocycles. The molecule has 9 heavy (non-hydrogen) atoms. The van der Waals surface area contributed by atoms with Gasteiger partial charge in [0.25, 0.3) is 0 Å². The highest BCUT2D eigenvalue weighted by atomic mass is 32.2. The van der Waals surface area contributed by atoms with E-state index in [1.54, 1.807) is 23.5 Å². The molecule has 0 saturated carbocycles. The maximum Gasteiger partial charge on any atom is 0.145 e. The lowest BCUT2D eigenvalue weighted by atomic mass is 10.5. The van der Waals surface area contributed by atoms with E-state index < -0.39 is 0 Å². The minimum Gasteiger partial charge on any atom is -0.301 e. The Morgan fingerprint density at radius 3 is 2.33 bits per heavy atom. The Balaban J connectivity index is 2.46. The van der Waals surface area contributed by atoms with Gasteiger partial charge in [-0.3, -0.25) is 0 Å². The molecule has 0 unspecified atom stereocenters. The fourth-order valence-electron chi connectivity index (χ4n) is 0.718. The number of carbonyl (C=O) groups excluding carboxylic acids is 1. The summed E-state index contributed by atoms with van der Waals surface area (Å²) in [5.74, 6) is 2.28. The molecule has 0 aromatic heterocycles. The van der Waals surface area contributed by atoms with Crippen molar-refractivity contribution >= 4 is 29.8 Å². The minimum atomic E-state index is -0.127. The Bertz CT molecular complexity index is 108. The number of aldehydes is 1. The summed E-state index contributed by atoms with van der Waals surface area (Å²) in [6, 6.07) is 0. The van der Waals surface area contributed by atoms with E-state index in [1.165, 1.54) is 6.42 Å². The first kappa shape index (κ1) is 7.48. The number of thioether (sulfide) groups is 2. The summed E-state index contributed by atoms with van der Waals surface area (Å²) in [7, 11) is 0. The monoisotopic (exact) mass is 162 g/mol. The van der Waals surface area contributed by atoms with Gasteiger partial charge < -0.3 is 4.79 Å². The highest BCUT2D eigenvalue weighted by Crippen LogP contribution is 2.39. The first-order valence-electron chi connectivity index (χ1n) is 3.01. The zero-order chi connectivity index (χ0) is 6.74. The van der Waals surface area contributed by atoms with Crippen LogP contribution in [0.1, 0.15) is 13.3 Å².